The summed E-state index contributed by atoms with van der Waals surface area (Å²) in [5.74, 6) is -0.721. The van der Waals surface area contributed by atoms with Crippen molar-refractivity contribution in [3.05, 3.63) is 29.8 Å². The number of hydrogen-bond donors (Lipinski definition) is 2. The molecule has 7 heteroatoms. The predicted octanol–water partition coefficient (Wildman–Crippen LogP) is 2.64. The van der Waals surface area contributed by atoms with Crippen molar-refractivity contribution in [1.29, 1.82) is 0 Å². The highest BCUT2D eigenvalue weighted by Gasteiger charge is 2.22. The summed E-state index contributed by atoms with van der Waals surface area (Å²) < 4.78 is 10.6. The molecule has 1 aromatic rings. The summed E-state index contributed by atoms with van der Waals surface area (Å²) in [6.45, 7) is 10.6. The Hall–Kier alpha value is -2.57. The lowest BCUT2D eigenvalue weighted by atomic mass is 10.1. The fourth-order valence-electron chi connectivity index (χ4n) is 1.81. The molecule has 0 aliphatic carbocycles. The number of benzene rings is 1. The maximum absolute atomic E-state index is 12.1. The number of carbonyl (C=O) groups excluding carboxylic acids is 3. The second-order valence-corrected chi connectivity index (χ2v) is 6.93. The van der Waals surface area contributed by atoms with Gasteiger partial charge in [-0.1, -0.05) is 0 Å². The minimum atomic E-state index is -1.11. The van der Waals surface area contributed by atoms with E-state index in [0.717, 1.165) is 0 Å². The first-order valence-electron chi connectivity index (χ1n) is 8.08. The van der Waals surface area contributed by atoms with Crippen LogP contribution in [0.25, 0.3) is 0 Å². The van der Waals surface area contributed by atoms with Crippen LogP contribution in [0.2, 0.25) is 0 Å². The van der Waals surface area contributed by atoms with Crippen molar-refractivity contribution in [2.24, 2.45) is 0 Å². The lowest BCUT2D eigenvalue weighted by molar-refractivity contribution is -0.127. The lowest BCUT2D eigenvalue weighted by Crippen LogP contribution is -2.50. The maximum atomic E-state index is 12.1. The van der Waals surface area contributed by atoms with Crippen LogP contribution in [0.15, 0.2) is 24.3 Å². The molecule has 0 saturated carbocycles. The SMILES string of the molecule is CC(C)Oc1ccc(C(=O)O[C@H](C)C(=O)NC(=O)NC(C)(C)C)cc1. The average molecular weight is 350 g/mol. The van der Waals surface area contributed by atoms with Gasteiger partial charge in [-0.15, -0.1) is 0 Å². The van der Waals surface area contributed by atoms with Crippen molar-refractivity contribution >= 4 is 17.9 Å². The number of ether oxygens (including phenoxy) is 2. The van der Waals surface area contributed by atoms with E-state index in [9.17, 15) is 14.4 Å². The number of rotatable bonds is 5. The van der Waals surface area contributed by atoms with Gasteiger partial charge >= 0.3 is 12.0 Å². The van der Waals surface area contributed by atoms with E-state index in [-0.39, 0.29) is 11.7 Å². The zero-order valence-corrected chi connectivity index (χ0v) is 15.5. The van der Waals surface area contributed by atoms with E-state index in [1.807, 2.05) is 13.8 Å². The van der Waals surface area contributed by atoms with E-state index >= 15 is 0 Å². The van der Waals surface area contributed by atoms with Gasteiger partial charge in [-0.2, -0.15) is 0 Å². The molecule has 0 aliphatic rings. The minimum absolute atomic E-state index is 0.0285. The first-order chi connectivity index (χ1) is 11.5. The molecular weight excluding hydrogens is 324 g/mol. The van der Waals surface area contributed by atoms with Gasteiger partial charge in [0.25, 0.3) is 5.91 Å². The Morgan fingerprint density at radius 1 is 1.00 bits per heavy atom. The summed E-state index contributed by atoms with van der Waals surface area (Å²) in [6.07, 6.45) is -1.08. The van der Waals surface area contributed by atoms with Gasteiger partial charge in [0.2, 0.25) is 0 Å². The van der Waals surface area contributed by atoms with Crippen LogP contribution in [-0.4, -0.2) is 35.7 Å². The average Bonchev–Trinajstić information content (AvgIpc) is 2.44. The zero-order chi connectivity index (χ0) is 19.2. The third-order valence-electron chi connectivity index (χ3n) is 2.84. The maximum Gasteiger partial charge on any atom is 0.338 e. The fraction of sp³-hybridized carbons (Fsp3) is 0.500. The molecule has 2 N–H and O–H groups in total. The summed E-state index contributed by atoms with van der Waals surface area (Å²) in [5, 5.41) is 4.72. The Morgan fingerprint density at radius 3 is 2.04 bits per heavy atom. The van der Waals surface area contributed by atoms with E-state index in [1.54, 1.807) is 45.0 Å². The quantitative estimate of drug-likeness (QED) is 0.796. The molecule has 1 atom stereocenters. The molecule has 138 valence electrons. The van der Waals surface area contributed by atoms with Crippen molar-refractivity contribution in [2.75, 3.05) is 0 Å². The molecule has 0 radical (unpaired) electrons. The highest BCUT2D eigenvalue weighted by atomic mass is 16.5. The molecule has 3 amide bonds. The van der Waals surface area contributed by atoms with Gasteiger partial charge in [0, 0.05) is 5.54 Å². The Labute approximate surface area is 148 Å². The molecule has 1 aromatic carbocycles. The van der Waals surface area contributed by atoms with Gasteiger partial charge < -0.3 is 14.8 Å². The van der Waals surface area contributed by atoms with Crippen molar-refractivity contribution in [2.45, 2.75) is 59.3 Å². The zero-order valence-electron chi connectivity index (χ0n) is 15.5. The van der Waals surface area contributed by atoms with Gasteiger partial charge in [0.05, 0.1) is 11.7 Å². The fourth-order valence-corrected chi connectivity index (χ4v) is 1.81. The molecule has 25 heavy (non-hydrogen) atoms. The van der Waals surface area contributed by atoms with Crippen LogP contribution in [0.5, 0.6) is 5.75 Å². The molecule has 0 aromatic heterocycles. The Morgan fingerprint density at radius 2 is 1.56 bits per heavy atom. The standard InChI is InChI=1S/C18H26N2O5/c1-11(2)24-14-9-7-13(8-10-14)16(22)25-12(3)15(21)19-17(23)20-18(4,5)6/h7-12H,1-6H3,(H2,19,20,21,23)/t12-/m1/s1. The molecule has 0 spiro atoms. The molecule has 0 saturated heterocycles. The highest BCUT2D eigenvalue weighted by molar-refractivity contribution is 5.98. The summed E-state index contributed by atoms with van der Waals surface area (Å²) >= 11 is 0. The monoisotopic (exact) mass is 350 g/mol. The molecule has 0 aliphatic heterocycles. The number of nitrogens with one attached hydrogen (secondary N) is 2. The normalized spacial score (nSPS) is 12.3. The Kier molecular flexibility index (Phi) is 6.97. The van der Waals surface area contributed by atoms with E-state index < -0.39 is 29.6 Å². The van der Waals surface area contributed by atoms with Crippen LogP contribution >= 0.6 is 0 Å². The van der Waals surface area contributed by atoms with Crippen LogP contribution < -0.4 is 15.4 Å². The van der Waals surface area contributed by atoms with Crippen LogP contribution in [0.3, 0.4) is 0 Å². The minimum Gasteiger partial charge on any atom is -0.491 e. The number of hydrogen-bond acceptors (Lipinski definition) is 5. The molecule has 0 heterocycles. The molecule has 1 rings (SSSR count). The lowest BCUT2D eigenvalue weighted by Gasteiger charge is -2.21. The first-order valence-corrected chi connectivity index (χ1v) is 8.08. The summed E-state index contributed by atoms with van der Waals surface area (Å²) in [5.41, 5.74) is -0.195. The van der Waals surface area contributed by atoms with Crippen LogP contribution in [-0.2, 0) is 9.53 Å². The van der Waals surface area contributed by atoms with Gasteiger partial charge in [-0.05, 0) is 65.8 Å². The molecule has 0 bridgehead atoms. The number of carbonyl (C=O) groups is 3. The number of imide groups is 1. The summed E-state index contributed by atoms with van der Waals surface area (Å²) in [7, 11) is 0. The molecule has 7 nitrogen and oxygen atoms in total. The topological polar surface area (TPSA) is 93.7 Å². The van der Waals surface area contributed by atoms with Crippen molar-refractivity contribution < 1.29 is 23.9 Å². The van der Waals surface area contributed by atoms with E-state index in [0.29, 0.717) is 5.75 Å². The summed E-state index contributed by atoms with van der Waals surface area (Å²) in [4.78, 5) is 35.6. The van der Waals surface area contributed by atoms with Gasteiger partial charge in [-0.3, -0.25) is 10.1 Å². The van der Waals surface area contributed by atoms with Crippen molar-refractivity contribution in [3.63, 3.8) is 0 Å². The second kappa shape index (κ2) is 8.50. The molecule has 0 unspecified atom stereocenters. The number of urea groups is 1. The predicted molar refractivity (Wildman–Crippen MR) is 93.5 cm³/mol. The van der Waals surface area contributed by atoms with Crippen LogP contribution in [0.4, 0.5) is 4.79 Å². The van der Waals surface area contributed by atoms with Crippen molar-refractivity contribution in [3.8, 4) is 5.75 Å². The van der Waals surface area contributed by atoms with Crippen LogP contribution in [0.1, 0.15) is 51.9 Å². The number of amides is 3. The largest absolute Gasteiger partial charge is 0.491 e. The van der Waals surface area contributed by atoms with Gasteiger partial charge in [0.1, 0.15) is 5.75 Å². The Balaban J connectivity index is 2.58. The van der Waals surface area contributed by atoms with E-state index in [2.05, 4.69) is 10.6 Å². The smallest absolute Gasteiger partial charge is 0.338 e. The van der Waals surface area contributed by atoms with Gasteiger partial charge in [0.15, 0.2) is 6.10 Å². The third kappa shape index (κ3) is 7.69. The first kappa shape index (κ1) is 20.5. The second-order valence-electron chi connectivity index (χ2n) is 6.93. The number of esters is 1. The highest BCUT2D eigenvalue weighted by Crippen LogP contribution is 2.15. The van der Waals surface area contributed by atoms with Gasteiger partial charge in [-0.25, -0.2) is 9.59 Å². The summed E-state index contributed by atoms with van der Waals surface area (Å²) in [6, 6.07) is 5.76. The third-order valence-corrected chi connectivity index (χ3v) is 2.84. The van der Waals surface area contributed by atoms with Crippen molar-refractivity contribution in [1.82, 2.24) is 10.6 Å². The molecule has 0 fully saturated rings. The Bertz CT molecular complexity index is 617. The molecular formula is C18H26N2O5. The van der Waals surface area contributed by atoms with Crippen LogP contribution in [0, 0.1) is 0 Å². The van der Waals surface area contributed by atoms with E-state index in [4.69, 9.17) is 9.47 Å². The van der Waals surface area contributed by atoms with E-state index in [1.165, 1.54) is 6.92 Å².